The first-order valence-electron chi connectivity index (χ1n) is 11.6. The van der Waals surface area contributed by atoms with E-state index in [1.54, 1.807) is 18.3 Å². The number of nitrogens with one attached hydrogen (secondary N) is 2. The summed E-state index contributed by atoms with van der Waals surface area (Å²) in [7, 11) is 1.54. The molecule has 0 aromatic carbocycles. The number of amides is 2. The lowest BCUT2D eigenvalue weighted by Gasteiger charge is -2.17. The molecule has 3 aromatic rings. The van der Waals surface area contributed by atoms with Crippen molar-refractivity contribution in [2.24, 2.45) is 0 Å². The van der Waals surface area contributed by atoms with Gasteiger partial charge in [0.05, 0.1) is 11.9 Å². The predicted octanol–water partition coefficient (Wildman–Crippen LogP) is 5.49. The lowest BCUT2D eigenvalue weighted by molar-refractivity contribution is -0.141. The molecular formula is C28H24F3N5O2. The summed E-state index contributed by atoms with van der Waals surface area (Å²) in [4.78, 5) is 36.6. The van der Waals surface area contributed by atoms with Crippen molar-refractivity contribution in [1.82, 2.24) is 20.3 Å². The van der Waals surface area contributed by atoms with Crippen molar-refractivity contribution in [2.75, 3.05) is 12.4 Å². The number of hydrogen-bond donors (Lipinski definition) is 2. The number of rotatable bonds is 5. The van der Waals surface area contributed by atoms with Crippen molar-refractivity contribution in [3.8, 4) is 0 Å². The molecular weight excluding hydrogens is 495 g/mol. The highest BCUT2D eigenvalue weighted by molar-refractivity contribution is 6.04. The van der Waals surface area contributed by atoms with Crippen LogP contribution < -0.4 is 10.6 Å². The van der Waals surface area contributed by atoms with Crippen LogP contribution in [0.4, 0.5) is 18.9 Å². The fourth-order valence-corrected chi connectivity index (χ4v) is 4.05. The number of allylic oxidation sites excluding steroid dienone is 5. The molecule has 3 heterocycles. The highest BCUT2D eigenvalue weighted by atomic mass is 19.4. The third-order valence-corrected chi connectivity index (χ3v) is 6.03. The maximum Gasteiger partial charge on any atom is 0.433 e. The minimum Gasteiger partial charge on any atom is -0.354 e. The molecule has 0 bridgehead atoms. The third-order valence-electron chi connectivity index (χ3n) is 6.03. The van der Waals surface area contributed by atoms with Crippen LogP contribution >= 0.6 is 0 Å². The van der Waals surface area contributed by atoms with Crippen molar-refractivity contribution < 1.29 is 22.8 Å². The number of alkyl halides is 3. The van der Waals surface area contributed by atoms with Crippen LogP contribution in [0.25, 0.3) is 5.57 Å². The van der Waals surface area contributed by atoms with Crippen molar-refractivity contribution in [2.45, 2.75) is 25.4 Å². The molecule has 194 valence electrons. The van der Waals surface area contributed by atoms with E-state index < -0.39 is 17.8 Å². The molecule has 0 radical (unpaired) electrons. The van der Waals surface area contributed by atoms with E-state index in [1.165, 1.54) is 19.3 Å². The molecule has 4 rings (SSSR count). The minimum absolute atomic E-state index is 0.177. The second kappa shape index (κ2) is 10.8. The average Bonchev–Trinajstić information content (AvgIpc) is 3.10. The molecule has 38 heavy (non-hydrogen) atoms. The summed E-state index contributed by atoms with van der Waals surface area (Å²) >= 11 is 0. The number of aromatic nitrogens is 3. The first-order valence-corrected chi connectivity index (χ1v) is 11.6. The molecule has 2 amide bonds. The summed E-state index contributed by atoms with van der Waals surface area (Å²) in [5, 5.41) is 5.19. The molecule has 7 nitrogen and oxygen atoms in total. The first-order chi connectivity index (χ1) is 18.1. The van der Waals surface area contributed by atoms with Gasteiger partial charge in [-0.2, -0.15) is 13.2 Å². The van der Waals surface area contributed by atoms with Gasteiger partial charge in [-0.05, 0) is 54.8 Å². The van der Waals surface area contributed by atoms with Crippen LogP contribution in [0.3, 0.4) is 0 Å². The molecule has 0 saturated carbocycles. The number of anilines is 1. The van der Waals surface area contributed by atoms with E-state index >= 15 is 0 Å². The van der Waals surface area contributed by atoms with Crippen molar-refractivity contribution in [3.05, 3.63) is 113 Å². The normalized spacial score (nSPS) is 15.4. The summed E-state index contributed by atoms with van der Waals surface area (Å²) in [6.07, 6.45) is 5.81. The fourth-order valence-electron chi connectivity index (χ4n) is 4.05. The lowest BCUT2D eigenvalue weighted by Crippen LogP contribution is -2.19. The van der Waals surface area contributed by atoms with Gasteiger partial charge in [-0.3, -0.25) is 24.5 Å². The van der Waals surface area contributed by atoms with E-state index in [0.717, 1.165) is 28.5 Å². The van der Waals surface area contributed by atoms with Gasteiger partial charge in [0.25, 0.3) is 11.8 Å². The SMILES string of the molecule is C=C1CC=CC(c2cc(NC(=O)c3ccnc(C(F)(F)F)c3)cnc2C)=CC1c1ccnc(C(=O)NC)c1. The number of aryl methyl sites for hydroxylation is 1. The van der Waals surface area contributed by atoms with Crippen LogP contribution in [0.1, 0.15) is 55.7 Å². The van der Waals surface area contributed by atoms with Crippen molar-refractivity contribution in [1.29, 1.82) is 0 Å². The van der Waals surface area contributed by atoms with Crippen LogP contribution in [0.5, 0.6) is 0 Å². The Kier molecular flexibility index (Phi) is 7.52. The molecule has 0 spiro atoms. The predicted molar refractivity (Wildman–Crippen MR) is 137 cm³/mol. The zero-order chi connectivity index (χ0) is 27.4. The standard InChI is InChI=1S/C28H24F3N5O2/c1-16-5-4-6-18(11-22(16)19-7-9-33-24(12-19)27(38)32-3)23-14-21(15-35-17(23)2)36-26(37)20-8-10-34-25(13-20)28(29,30)31/h4,6-15,22H,1,5H2,2-3H3,(H,32,38)(H,36,37). The Morgan fingerprint density at radius 2 is 1.82 bits per heavy atom. The zero-order valence-electron chi connectivity index (χ0n) is 20.6. The van der Waals surface area contributed by atoms with Crippen LogP contribution in [0.2, 0.25) is 0 Å². The van der Waals surface area contributed by atoms with Crippen LogP contribution in [-0.4, -0.2) is 33.8 Å². The fraction of sp³-hybridized carbons (Fsp3) is 0.179. The monoisotopic (exact) mass is 519 g/mol. The Morgan fingerprint density at radius 1 is 1.05 bits per heavy atom. The van der Waals surface area contributed by atoms with Crippen molar-refractivity contribution in [3.63, 3.8) is 0 Å². The lowest BCUT2D eigenvalue weighted by atomic mass is 9.89. The number of halogens is 3. The van der Waals surface area contributed by atoms with E-state index in [2.05, 4.69) is 32.2 Å². The van der Waals surface area contributed by atoms with Gasteiger partial charge in [-0.15, -0.1) is 0 Å². The Hall–Kier alpha value is -4.60. The summed E-state index contributed by atoms with van der Waals surface area (Å²) < 4.78 is 39.0. The Morgan fingerprint density at radius 3 is 2.55 bits per heavy atom. The molecule has 0 fully saturated rings. The van der Waals surface area contributed by atoms with Crippen LogP contribution in [0, 0.1) is 6.92 Å². The number of hydrogen-bond acceptors (Lipinski definition) is 5. The Labute approximate surface area is 217 Å². The maximum atomic E-state index is 13.0. The van der Waals surface area contributed by atoms with Gasteiger partial charge in [0.1, 0.15) is 11.4 Å². The van der Waals surface area contributed by atoms with Gasteiger partial charge >= 0.3 is 6.18 Å². The van der Waals surface area contributed by atoms with E-state index in [0.29, 0.717) is 23.9 Å². The topological polar surface area (TPSA) is 96.9 Å². The summed E-state index contributed by atoms with van der Waals surface area (Å²) in [5.74, 6) is -1.24. The van der Waals surface area contributed by atoms with Crippen LogP contribution in [-0.2, 0) is 6.18 Å². The Balaban J connectivity index is 1.66. The van der Waals surface area contributed by atoms with E-state index in [4.69, 9.17) is 0 Å². The Bertz CT molecular complexity index is 1480. The van der Waals surface area contributed by atoms with Gasteiger partial charge in [0.2, 0.25) is 0 Å². The van der Waals surface area contributed by atoms with Gasteiger partial charge in [-0.1, -0.05) is 30.4 Å². The van der Waals surface area contributed by atoms with Crippen molar-refractivity contribution >= 4 is 23.1 Å². The van der Waals surface area contributed by atoms with Crippen LogP contribution in [0.15, 0.2) is 79.3 Å². The largest absolute Gasteiger partial charge is 0.433 e. The number of carbonyl (C=O) groups is 2. The molecule has 2 N–H and O–H groups in total. The number of pyridine rings is 3. The molecule has 1 unspecified atom stereocenters. The van der Waals surface area contributed by atoms with E-state index in [1.807, 2.05) is 31.2 Å². The molecule has 3 aromatic heterocycles. The second-order valence-corrected chi connectivity index (χ2v) is 8.66. The molecule has 1 aliphatic carbocycles. The highest BCUT2D eigenvalue weighted by Gasteiger charge is 2.33. The van der Waals surface area contributed by atoms with Gasteiger partial charge in [0.15, 0.2) is 0 Å². The van der Waals surface area contributed by atoms with E-state index in [-0.39, 0.29) is 23.1 Å². The van der Waals surface area contributed by atoms with Gasteiger partial charge in [-0.25, -0.2) is 0 Å². The van der Waals surface area contributed by atoms with Gasteiger partial charge < -0.3 is 10.6 Å². The maximum absolute atomic E-state index is 13.0. The number of carbonyl (C=O) groups excluding carboxylic acids is 2. The third kappa shape index (κ3) is 5.86. The first kappa shape index (κ1) is 26.5. The summed E-state index contributed by atoms with van der Waals surface area (Å²) in [5.41, 5.74) is 3.28. The molecule has 1 aliphatic rings. The minimum atomic E-state index is -4.66. The molecule has 10 heteroatoms. The summed E-state index contributed by atoms with van der Waals surface area (Å²) in [6.45, 7) is 6.04. The zero-order valence-corrected chi connectivity index (χ0v) is 20.6. The average molecular weight is 520 g/mol. The number of nitrogens with zero attached hydrogens (tertiary/aromatic N) is 3. The molecule has 0 saturated heterocycles. The smallest absolute Gasteiger partial charge is 0.354 e. The quantitative estimate of drug-likeness (QED) is 0.435. The van der Waals surface area contributed by atoms with E-state index in [9.17, 15) is 22.8 Å². The van der Waals surface area contributed by atoms with Gasteiger partial charge in [0, 0.05) is 42.2 Å². The molecule has 1 atom stereocenters. The highest BCUT2D eigenvalue weighted by Crippen LogP contribution is 2.35. The second-order valence-electron chi connectivity index (χ2n) is 8.66. The summed E-state index contributed by atoms with van der Waals surface area (Å²) in [6, 6.07) is 7.18. The molecule has 0 aliphatic heterocycles.